The van der Waals surface area contributed by atoms with Gasteiger partial charge in [0, 0.05) is 11.3 Å². The Morgan fingerprint density at radius 3 is 2.35 bits per heavy atom. The first-order chi connectivity index (χ1) is 12.4. The maximum absolute atomic E-state index is 12.3. The van der Waals surface area contributed by atoms with Crippen molar-refractivity contribution in [2.24, 2.45) is 0 Å². The second-order valence-electron chi connectivity index (χ2n) is 5.17. The van der Waals surface area contributed by atoms with E-state index in [2.05, 4.69) is 10.0 Å². The molecule has 0 aliphatic carbocycles. The van der Waals surface area contributed by atoms with E-state index >= 15 is 0 Å². The van der Waals surface area contributed by atoms with Crippen LogP contribution in [0.15, 0.2) is 64.2 Å². The van der Waals surface area contributed by atoms with Gasteiger partial charge in [-0.2, -0.15) is 0 Å². The number of carbonyl (C=O) groups is 1. The fourth-order valence-corrected chi connectivity index (χ4v) is 4.51. The van der Waals surface area contributed by atoms with E-state index in [4.69, 9.17) is 23.2 Å². The topological polar surface area (TPSA) is 75.3 Å². The monoisotopic (exact) mass is 426 g/mol. The first kappa shape index (κ1) is 18.7. The Morgan fingerprint density at radius 2 is 1.69 bits per heavy atom. The SMILES string of the molecule is O=C(Nc1cccc(Cl)c1Cl)c1ccc(NS(=O)(=O)c2cccs2)cc1. The molecule has 26 heavy (non-hydrogen) atoms. The van der Waals surface area contributed by atoms with Gasteiger partial charge in [-0.3, -0.25) is 9.52 Å². The molecule has 0 bridgehead atoms. The highest BCUT2D eigenvalue weighted by Gasteiger charge is 2.16. The van der Waals surface area contributed by atoms with Crippen molar-refractivity contribution in [1.82, 2.24) is 0 Å². The van der Waals surface area contributed by atoms with Crippen LogP contribution in [0.1, 0.15) is 10.4 Å². The fourth-order valence-electron chi connectivity index (χ4n) is 2.11. The molecular weight excluding hydrogens is 415 g/mol. The molecule has 0 saturated carbocycles. The van der Waals surface area contributed by atoms with Crippen LogP contribution in [0.25, 0.3) is 0 Å². The van der Waals surface area contributed by atoms with E-state index in [1.54, 1.807) is 29.6 Å². The zero-order valence-corrected chi connectivity index (χ0v) is 16.2. The summed E-state index contributed by atoms with van der Waals surface area (Å²) >= 11 is 13.1. The van der Waals surface area contributed by atoms with Crippen LogP contribution in [0.5, 0.6) is 0 Å². The largest absolute Gasteiger partial charge is 0.321 e. The number of hydrogen-bond donors (Lipinski definition) is 2. The number of rotatable bonds is 5. The van der Waals surface area contributed by atoms with Crippen LogP contribution < -0.4 is 10.0 Å². The zero-order valence-electron chi connectivity index (χ0n) is 13.1. The number of nitrogens with one attached hydrogen (secondary N) is 2. The minimum Gasteiger partial charge on any atom is -0.321 e. The van der Waals surface area contributed by atoms with Crippen LogP contribution >= 0.6 is 34.5 Å². The van der Waals surface area contributed by atoms with Crippen molar-refractivity contribution < 1.29 is 13.2 Å². The Morgan fingerprint density at radius 1 is 0.962 bits per heavy atom. The molecule has 2 N–H and O–H groups in total. The van der Waals surface area contributed by atoms with Crippen LogP contribution in [-0.4, -0.2) is 14.3 Å². The molecule has 5 nitrogen and oxygen atoms in total. The van der Waals surface area contributed by atoms with Gasteiger partial charge in [0.1, 0.15) is 4.21 Å². The Balaban J connectivity index is 1.73. The molecule has 1 aromatic heterocycles. The van der Waals surface area contributed by atoms with E-state index in [1.165, 1.54) is 30.3 Å². The third-order valence-corrected chi connectivity index (χ3v) is 6.96. The first-order valence-corrected chi connectivity index (χ1v) is 10.4. The summed E-state index contributed by atoms with van der Waals surface area (Å²) in [6.07, 6.45) is 0. The molecule has 0 aliphatic rings. The molecule has 0 fully saturated rings. The molecule has 0 atom stereocenters. The molecule has 3 rings (SSSR count). The lowest BCUT2D eigenvalue weighted by atomic mass is 10.2. The molecule has 0 radical (unpaired) electrons. The summed E-state index contributed by atoms with van der Waals surface area (Å²) in [5.41, 5.74) is 1.10. The van der Waals surface area contributed by atoms with Gasteiger partial charge in [0.25, 0.3) is 15.9 Å². The number of sulfonamides is 1. The van der Waals surface area contributed by atoms with E-state index in [1.807, 2.05) is 0 Å². The molecule has 0 aliphatic heterocycles. The third kappa shape index (κ3) is 4.19. The highest BCUT2D eigenvalue weighted by Crippen LogP contribution is 2.30. The van der Waals surface area contributed by atoms with Crippen molar-refractivity contribution in [3.8, 4) is 0 Å². The Bertz CT molecular complexity index is 1030. The number of carbonyl (C=O) groups excluding carboxylic acids is 1. The van der Waals surface area contributed by atoms with E-state index in [-0.39, 0.29) is 15.1 Å². The number of anilines is 2. The van der Waals surface area contributed by atoms with Gasteiger partial charge < -0.3 is 5.32 Å². The molecule has 3 aromatic rings. The maximum Gasteiger partial charge on any atom is 0.271 e. The second kappa shape index (κ2) is 7.67. The molecule has 2 aromatic carbocycles. The predicted molar refractivity (Wildman–Crippen MR) is 106 cm³/mol. The molecule has 0 saturated heterocycles. The Kier molecular flexibility index (Phi) is 5.52. The highest BCUT2D eigenvalue weighted by molar-refractivity contribution is 7.94. The smallest absolute Gasteiger partial charge is 0.271 e. The van der Waals surface area contributed by atoms with Gasteiger partial charge in [0.2, 0.25) is 0 Å². The number of halogens is 2. The Hall–Kier alpha value is -2.06. The lowest BCUT2D eigenvalue weighted by molar-refractivity contribution is 0.102. The maximum atomic E-state index is 12.3. The van der Waals surface area contributed by atoms with Crippen molar-refractivity contribution in [1.29, 1.82) is 0 Å². The summed E-state index contributed by atoms with van der Waals surface area (Å²) in [6, 6.07) is 14.2. The molecule has 0 unspecified atom stereocenters. The molecule has 0 spiro atoms. The van der Waals surface area contributed by atoms with Crippen LogP contribution in [0.4, 0.5) is 11.4 Å². The summed E-state index contributed by atoms with van der Waals surface area (Å²) in [5, 5.41) is 4.94. The van der Waals surface area contributed by atoms with Gasteiger partial charge >= 0.3 is 0 Å². The second-order valence-corrected chi connectivity index (χ2v) is 8.81. The lowest BCUT2D eigenvalue weighted by Crippen LogP contribution is -2.13. The predicted octanol–water partition coefficient (Wildman–Crippen LogP) is 5.11. The lowest BCUT2D eigenvalue weighted by Gasteiger charge is -2.09. The minimum atomic E-state index is -3.63. The summed E-state index contributed by atoms with van der Waals surface area (Å²) in [7, 11) is -3.63. The zero-order chi connectivity index (χ0) is 18.7. The summed E-state index contributed by atoms with van der Waals surface area (Å²) < 4.78 is 27.1. The average molecular weight is 427 g/mol. The highest BCUT2D eigenvalue weighted by atomic mass is 35.5. The van der Waals surface area contributed by atoms with Crippen LogP contribution in [-0.2, 0) is 10.0 Å². The first-order valence-electron chi connectivity index (χ1n) is 7.28. The molecular formula is C17H12Cl2N2O3S2. The normalized spacial score (nSPS) is 11.2. The standard InChI is InChI=1S/C17H12Cl2N2O3S2/c18-13-3-1-4-14(16(13)19)20-17(22)11-6-8-12(9-7-11)21-26(23,24)15-5-2-10-25-15/h1-10,21H,(H,20,22). The number of benzene rings is 2. The van der Waals surface area contributed by atoms with Gasteiger partial charge in [-0.15, -0.1) is 11.3 Å². The Labute approximate surface area is 164 Å². The minimum absolute atomic E-state index is 0.218. The fraction of sp³-hybridized carbons (Fsp3) is 0. The van der Waals surface area contributed by atoms with Crippen molar-refractivity contribution in [3.05, 3.63) is 75.6 Å². The molecule has 1 heterocycles. The molecule has 9 heteroatoms. The summed E-state index contributed by atoms with van der Waals surface area (Å²) in [4.78, 5) is 12.3. The number of amides is 1. The molecule has 134 valence electrons. The van der Waals surface area contributed by atoms with E-state index in [0.29, 0.717) is 22.0 Å². The van der Waals surface area contributed by atoms with Crippen molar-refractivity contribution in [2.75, 3.05) is 10.0 Å². The van der Waals surface area contributed by atoms with E-state index in [0.717, 1.165) is 11.3 Å². The van der Waals surface area contributed by atoms with Crippen LogP contribution in [0, 0.1) is 0 Å². The quantitative estimate of drug-likeness (QED) is 0.594. The van der Waals surface area contributed by atoms with Crippen molar-refractivity contribution >= 4 is 61.8 Å². The van der Waals surface area contributed by atoms with E-state index < -0.39 is 10.0 Å². The average Bonchev–Trinajstić information content (AvgIpc) is 3.15. The number of thiophene rings is 1. The molecule has 1 amide bonds. The van der Waals surface area contributed by atoms with Crippen LogP contribution in [0.3, 0.4) is 0 Å². The van der Waals surface area contributed by atoms with Crippen molar-refractivity contribution in [3.63, 3.8) is 0 Å². The van der Waals surface area contributed by atoms with Crippen LogP contribution in [0.2, 0.25) is 10.0 Å². The van der Waals surface area contributed by atoms with Crippen molar-refractivity contribution in [2.45, 2.75) is 4.21 Å². The van der Waals surface area contributed by atoms with Gasteiger partial charge in [-0.05, 0) is 47.8 Å². The number of hydrogen-bond acceptors (Lipinski definition) is 4. The summed E-state index contributed by atoms with van der Waals surface area (Å²) in [6.45, 7) is 0. The summed E-state index contributed by atoms with van der Waals surface area (Å²) in [5.74, 6) is -0.387. The van der Waals surface area contributed by atoms with Gasteiger partial charge in [0.05, 0.1) is 15.7 Å². The van der Waals surface area contributed by atoms with Gasteiger partial charge in [-0.1, -0.05) is 35.3 Å². The van der Waals surface area contributed by atoms with E-state index in [9.17, 15) is 13.2 Å². The third-order valence-electron chi connectivity index (χ3n) is 3.36. The van der Waals surface area contributed by atoms with Gasteiger partial charge in [-0.25, -0.2) is 8.42 Å². The van der Waals surface area contributed by atoms with Gasteiger partial charge in [0.15, 0.2) is 0 Å².